The molecular formula is C16H22N2O2. The molecule has 2 atom stereocenters. The van der Waals surface area contributed by atoms with E-state index in [9.17, 15) is 5.11 Å². The van der Waals surface area contributed by atoms with Crippen molar-refractivity contribution in [3.63, 3.8) is 0 Å². The molecule has 3 aliphatic heterocycles. The number of rotatable bonds is 4. The Kier molecular flexibility index (Phi) is 3.17. The maximum Gasteiger partial charge on any atom is 0.120 e. The minimum Gasteiger partial charge on any atom is -0.490 e. The lowest BCUT2D eigenvalue weighted by molar-refractivity contribution is -0.0470. The summed E-state index contributed by atoms with van der Waals surface area (Å²) in [6.45, 7) is 5.44. The quantitative estimate of drug-likeness (QED) is 0.897. The number of fused-ring (bicyclic) bond motifs is 3. The monoisotopic (exact) mass is 274 g/mol. The van der Waals surface area contributed by atoms with Crippen molar-refractivity contribution < 1.29 is 9.84 Å². The van der Waals surface area contributed by atoms with Crippen molar-refractivity contribution in [2.75, 3.05) is 32.7 Å². The van der Waals surface area contributed by atoms with E-state index >= 15 is 0 Å². The van der Waals surface area contributed by atoms with E-state index in [1.807, 2.05) is 24.3 Å². The minimum atomic E-state index is -0.416. The third kappa shape index (κ3) is 2.43. The average Bonchev–Trinajstić information content (AvgIpc) is 3.32. The Morgan fingerprint density at radius 3 is 2.60 bits per heavy atom. The van der Waals surface area contributed by atoms with Crippen LogP contribution in [0.3, 0.4) is 0 Å². The van der Waals surface area contributed by atoms with E-state index in [0.717, 1.165) is 56.9 Å². The number of nitrogens with zero attached hydrogens (tertiary/aromatic N) is 2. The van der Waals surface area contributed by atoms with Gasteiger partial charge in [-0.05, 0) is 30.5 Å². The van der Waals surface area contributed by atoms with Gasteiger partial charge in [0, 0.05) is 32.7 Å². The van der Waals surface area contributed by atoms with Crippen LogP contribution in [0.1, 0.15) is 24.5 Å². The van der Waals surface area contributed by atoms with E-state index < -0.39 is 6.10 Å². The first-order valence-electron chi connectivity index (χ1n) is 7.71. The molecule has 4 fully saturated rings. The van der Waals surface area contributed by atoms with Crippen LogP contribution in [0.2, 0.25) is 0 Å². The van der Waals surface area contributed by atoms with Gasteiger partial charge in [-0.2, -0.15) is 0 Å². The van der Waals surface area contributed by atoms with Crippen molar-refractivity contribution in [3.8, 4) is 5.75 Å². The molecule has 2 unspecified atom stereocenters. The Balaban J connectivity index is 1.50. The van der Waals surface area contributed by atoms with Crippen LogP contribution in [0.4, 0.5) is 0 Å². The van der Waals surface area contributed by atoms with E-state index in [-0.39, 0.29) is 6.04 Å². The Bertz CT molecular complexity index is 481. The van der Waals surface area contributed by atoms with Crippen molar-refractivity contribution >= 4 is 0 Å². The normalized spacial score (nSPS) is 34.0. The first-order valence-corrected chi connectivity index (χ1v) is 7.71. The van der Waals surface area contributed by atoms with Crippen LogP contribution < -0.4 is 4.74 Å². The molecule has 1 aromatic rings. The Hall–Kier alpha value is -1.10. The highest BCUT2D eigenvalue weighted by Crippen LogP contribution is 2.31. The fraction of sp³-hybridized carbons (Fsp3) is 0.625. The van der Waals surface area contributed by atoms with Crippen molar-refractivity contribution in [1.82, 2.24) is 9.80 Å². The number of hydrogen-bond donors (Lipinski definition) is 1. The van der Waals surface area contributed by atoms with Gasteiger partial charge in [-0.25, -0.2) is 0 Å². The second-order valence-electron chi connectivity index (χ2n) is 6.24. The van der Waals surface area contributed by atoms with Crippen molar-refractivity contribution in [3.05, 3.63) is 29.8 Å². The van der Waals surface area contributed by atoms with Crippen molar-refractivity contribution in [2.24, 2.45) is 0 Å². The van der Waals surface area contributed by atoms with Crippen LogP contribution in [0.15, 0.2) is 24.3 Å². The van der Waals surface area contributed by atoms with Gasteiger partial charge in [-0.15, -0.1) is 0 Å². The average molecular weight is 274 g/mol. The lowest BCUT2D eigenvalue weighted by atomic mass is 9.96. The fourth-order valence-electron chi connectivity index (χ4n) is 3.33. The van der Waals surface area contributed by atoms with Crippen molar-refractivity contribution in [2.45, 2.75) is 31.1 Å². The highest BCUT2D eigenvalue weighted by atomic mass is 16.5. The molecule has 1 aromatic carbocycles. The topological polar surface area (TPSA) is 35.9 Å². The fourth-order valence-corrected chi connectivity index (χ4v) is 3.33. The van der Waals surface area contributed by atoms with Gasteiger partial charge in [0.05, 0.1) is 18.2 Å². The number of hydrogen-bond acceptors (Lipinski definition) is 4. The molecule has 1 aliphatic carbocycles. The molecule has 0 amide bonds. The van der Waals surface area contributed by atoms with Gasteiger partial charge >= 0.3 is 0 Å². The van der Waals surface area contributed by atoms with E-state index in [2.05, 4.69) is 9.80 Å². The van der Waals surface area contributed by atoms with E-state index in [1.165, 1.54) is 0 Å². The van der Waals surface area contributed by atoms with Gasteiger partial charge in [0.15, 0.2) is 0 Å². The second-order valence-corrected chi connectivity index (χ2v) is 6.24. The van der Waals surface area contributed by atoms with Crippen molar-refractivity contribution in [1.29, 1.82) is 0 Å². The molecule has 0 radical (unpaired) electrons. The number of aliphatic hydroxyl groups is 1. The second kappa shape index (κ2) is 5.02. The van der Waals surface area contributed by atoms with Gasteiger partial charge in [-0.1, -0.05) is 12.1 Å². The molecular weight excluding hydrogens is 252 g/mol. The maximum atomic E-state index is 10.7. The van der Waals surface area contributed by atoms with Gasteiger partial charge in [0.2, 0.25) is 0 Å². The summed E-state index contributed by atoms with van der Waals surface area (Å²) in [4.78, 5) is 4.89. The predicted octanol–water partition coefficient (Wildman–Crippen LogP) is 1.26. The first-order chi connectivity index (χ1) is 9.79. The molecule has 3 heterocycles. The molecule has 3 saturated heterocycles. The summed E-state index contributed by atoms with van der Waals surface area (Å²) in [5.74, 6) is 0.903. The van der Waals surface area contributed by atoms with Crippen LogP contribution in [-0.2, 0) is 0 Å². The summed E-state index contributed by atoms with van der Waals surface area (Å²) >= 11 is 0. The first kappa shape index (κ1) is 12.6. The lowest BCUT2D eigenvalue weighted by Crippen LogP contribution is -2.62. The maximum absolute atomic E-state index is 10.7. The number of piperazine rings is 3. The van der Waals surface area contributed by atoms with Crippen LogP contribution >= 0.6 is 0 Å². The van der Waals surface area contributed by atoms with Gasteiger partial charge in [0.25, 0.3) is 0 Å². The summed E-state index contributed by atoms with van der Waals surface area (Å²) in [5.41, 5.74) is 0.988. The Morgan fingerprint density at radius 2 is 1.95 bits per heavy atom. The summed E-state index contributed by atoms with van der Waals surface area (Å²) < 4.78 is 5.83. The molecule has 20 heavy (non-hydrogen) atoms. The van der Waals surface area contributed by atoms with Crippen LogP contribution in [0.5, 0.6) is 5.75 Å². The highest BCUT2D eigenvalue weighted by molar-refractivity contribution is 5.31. The van der Waals surface area contributed by atoms with Crippen LogP contribution in [0, 0.1) is 0 Å². The van der Waals surface area contributed by atoms with E-state index in [1.54, 1.807) is 0 Å². The molecule has 2 bridgehead atoms. The molecule has 1 N–H and O–H groups in total. The zero-order valence-corrected chi connectivity index (χ0v) is 11.7. The predicted molar refractivity (Wildman–Crippen MR) is 76.9 cm³/mol. The van der Waals surface area contributed by atoms with E-state index in [4.69, 9.17) is 4.74 Å². The molecule has 4 nitrogen and oxygen atoms in total. The Morgan fingerprint density at radius 1 is 1.15 bits per heavy atom. The molecule has 0 spiro atoms. The zero-order chi connectivity index (χ0) is 13.5. The molecule has 0 aromatic heterocycles. The smallest absolute Gasteiger partial charge is 0.120 e. The molecule has 1 saturated carbocycles. The number of ether oxygens (including phenoxy) is 1. The summed E-state index contributed by atoms with van der Waals surface area (Å²) in [6.07, 6.45) is 2.32. The molecule has 108 valence electrons. The third-order valence-corrected chi connectivity index (χ3v) is 4.71. The lowest BCUT2D eigenvalue weighted by Gasteiger charge is -2.49. The van der Waals surface area contributed by atoms with Crippen LogP contribution in [0.25, 0.3) is 0 Å². The van der Waals surface area contributed by atoms with Gasteiger partial charge < -0.3 is 9.84 Å². The standard InChI is InChI=1S/C16H22N2O2/c19-16(15-11-17-6-8-18(15)9-7-17)12-2-1-3-14(10-12)20-13-4-5-13/h1-3,10,13,15-16,19H,4-9,11H2. The molecule has 5 rings (SSSR count). The highest BCUT2D eigenvalue weighted by Gasteiger charge is 2.36. The van der Waals surface area contributed by atoms with Gasteiger partial charge in [-0.3, -0.25) is 9.80 Å². The SMILES string of the molecule is OC(c1cccc(OC2CC2)c1)C1CN2CCN1CC2. The molecule has 4 heteroatoms. The van der Waals surface area contributed by atoms with E-state index in [0.29, 0.717) is 6.10 Å². The summed E-state index contributed by atoms with van der Waals surface area (Å²) in [5, 5.41) is 10.7. The van der Waals surface area contributed by atoms with Gasteiger partial charge in [0.1, 0.15) is 5.75 Å². The summed E-state index contributed by atoms with van der Waals surface area (Å²) in [6, 6.07) is 8.25. The number of benzene rings is 1. The zero-order valence-electron chi connectivity index (χ0n) is 11.7. The largest absolute Gasteiger partial charge is 0.490 e. The summed E-state index contributed by atoms with van der Waals surface area (Å²) in [7, 11) is 0. The number of aliphatic hydroxyl groups excluding tert-OH is 1. The molecule has 4 aliphatic rings. The Labute approximate surface area is 119 Å². The van der Waals surface area contributed by atoms with Crippen LogP contribution in [-0.4, -0.2) is 59.8 Å². The third-order valence-electron chi connectivity index (χ3n) is 4.71. The minimum absolute atomic E-state index is 0.230.